The highest BCUT2D eigenvalue weighted by molar-refractivity contribution is 7.98. The molecule has 0 saturated carbocycles. The van der Waals surface area contributed by atoms with Gasteiger partial charge in [-0.15, -0.1) is 0 Å². The Morgan fingerprint density at radius 2 is 1.94 bits per heavy atom. The zero-order valence-corrected chi connectivity index (χ0v) is 12.5. The van der Waals surface area contributed by atoms with E-state index in [1.807, 2.05) is 23.9 Å². The highest BCUT2D eigenvalue weighted by atomic mass is 32.2. The van der Waals surface area contributed by atoms with Crippen molar-refractivity contribution in [2.45, 2.75) is 45.2 Å². The summed E-state index contributed by atoms with van der Waals surface area (Å²) in [5.74, 6) is 1.52. The quantitative estimate of drug-likeness (QED) is 0.756. The Kier molecular flexibility index (Phi) is 7.21. The van der Waals surface area contributed by atoms with Gasteiger partial charge < -0.3 is 10.4 Å². The number of aromatic hydroxyl groups is 1. The molecule has 1 rings (SSSR count). The van der Waals surface area contributed by atoms with Crippen molar-refractivity contribution < 1.29 is 5.11 Å². The Bertz CT molecular complexity index is 326. The van der Waals surface area contributed by atoms with E-state index in [1.165, 1.54) is 17.7 Å². The van der Waals surface area contributed by atoms with E-state index >= 15 is 0 Å². The molecule has 0 fully saturated rings. The molecule has 1 aromatic rings. The summed E-state index contributed by atoms with van der Waals surface area (Å²) in [6.45, 7) is 4.49. The summed E-state index contributed by atoms with van der Waals surface area (Å²) < 4.78 is 0. The average Bonchev–Trinajstić information content (AvgIpc) is 2.37. The van der Waals surface area contributed by atoms with E-state index in [0.29, 0.717) is 17.8 Å². The summed E-state index contributed by atoms with van der Waals surface area (Å²) in [4.78, 5) is 0. The van der Waals surface area contributed by atoms with Gasteiger partial charge in [-0.1, -0.05) is 19.1 Å². The molecule has 2 nitrogen and oxygen atoms in total. The summed E-state index contributed by atoms with van der Waals surface area (Å²) in [5.41, 5.74) is 1.29. The van der Waals surface area contributed by atoms with E-state index in [0.717, 1.165) is 12.8 Å². The van der Waals surface area contributed by atoms with Crippen LogP contribution in [0.4, 0.5) is 0 Å². The minimum Gasteiger partial charge on any atom is -0.508 e. The number of nitrogens with one attached hydrogen (secondary N) is 1. The van der Waals surface area contributed by atoms with Crippen LogP contribution in [0.1, 0.15) is 32.3 Å². The van der Waals surface area contributed by atoms with Crippen molar-refractivity contribution in [3.63, 3.8) is 0 Å². The second kappa shape index (κ2) is 8.44. The normalized spacial score (nSPS) is 14.4. The standard InChI is InChI=1S/C15H25NOS/c1-4-14(11-18-3)16-12(2)5-6-13-7-9-15(17)10-8-13/h7-10,12,14,16-17H,4-6,11H2,1-3H3. The van der Waals surface area contributed by atoms with Gasteiger partial charge in [0.1, 0.15) is 5.75 Å². The van der Waals surface area contributed by atoms with E-state index in [-0.39, 0.29) is 0 Å². The van der Waals surface area contributed by atoms with Gasteiger partial charge in [0.25, 0.3) is 0 Å². The Hall–Kier alpha value is -0.670. The lowest BCUT2D eigenvalue weighted by atomic mass is 10.1. The number of benzene rings is 1. The van der Waals surface area contributed by atoms with Crippen LogP contribution < -0.4 is 5.32 Å². The maximum atomic E-state index is 9.23. The van der Waals surface area contributed by atoms with Crippen molar-refractivity contribution in [1.29, 1.82) is 0 Å². The maximum Gasteiger partial charge on any atom is 0.115 e. The minimum absolute atomic E-state index is 0.343. The number of aryl methyl sites for hydroxylation is 1. The van der Waals surface area contributed by atoms with Crippen molar-refractivity contribution in [2.24, 2.45) is 0 Å². The van der Waals surface area contributed by atoms with Gasteiger partial charge in [-0.2, -0.15) is 11.8 Å². The van der Waals surface area contributed by atoms with Gasteiger partial charge in [0.2, 0.25) is 0 Å². The van der Waals surface area contributed by atoms with Crippen LogP contribution in [0.3, 0.4) is 0 Å². The molecule has 0 saturated heterocycles. The number of rotatable bonds is 8. The zero-order valence-electron chi connectivity index (χ0n) is 11.6. The summed E-state index contributed by atoms with van der Waals surface area (Å²) >= 11 is 1.90. The van der Waals surface area contributed by atoms with Gasteiger partial charge in [-0.3, -0.25) is 0 Å². The molecule has 0 spiro atoms. The molecule has 3 heteroatoms. The first-order valence-corrected chi connectivity index (χ1v) is 8.08. The molecule has 0 heterocycles. The van der Waals surface area contributed by atoms with Gasteiger partial charge in [0.15, 0.2) is 0 Å². The SMILES string of the molecule is CCC(CSC)NC(C)CCc1ccc(O)cc1. The first kappa shape index (κ1) is 15.4. The van der Waals surface area contributed by atoms with Crippen molar-refractivity contribution in [1.82, 2.24) is 5.32 Å². The smallest absolute Gasteiger partial charge is 0.115 e. The van der Waals surface area contributed by atoms with Crippen molar-refractivity contribution in [2.75, 3.05) is 12.0 Å². The lowest BCUT2D eigenvalue weighted by Crippen LogP contribution is -2.38. The highest BCUT2D eigenvalue weighted by Gasteiger charge is 2.09. The fourth-order valence-electron chi connectivity index (χ4n) is 2.02. The van der Waals surface area contributed by atoms with Crippen molar-refractivity contribution >= 4 is 11.8 Å². The molecular weight excluding hydrogens is 242 g/mol. The summed E-state index contributed by atoms with van der Waals surface area (Å²) in [7, 11) is 0. The third kappa shape index (κ3) is 5.78. The molecule has 0 bridgehead atoms. The van der Waals surface area contributed by atoms with Crippen LogP contribution in [0.2, 0.25) is 0 Å². The van der Waals surface area contributed by atoms with Gasteiger partial charge in [-0.25, -0.2) is 0 Å². The van der Waals surface area contributed by atoms with Crippen LogP contribution in [-0.4, -0.2) is 29.2 Å². The third-order valence-electron chi connectivity index (χ3n) is 3.18. The van der Waals surface area contributed by atoms with Gasteiger partial charge >= 0.3 is 0 Å². The molecule has 2 N–H and O–H groups in total. The topological polar surface area (TPSA) is 32.3 Å². The Morgan fingerprint density at radius 1 is 1.28 bits per heavy atom. The largest absolute Gasteiger partial charge is 0.508 e. The fraction of sp³-hybridized carbons (Fsp3) is 0.600. The molecule has 1 aromatic carbocycles. The van der Waals surface area contributed by atoms with Crippen LogP contribution in [0.5, 0.6) is 5.75 Å². The predicted molar refractivity (Wildman–Crippen MR) is 81.5 cm³/mol. The molecule has 102 valence electrons. The van der Waals surface area contributed by atoms with Gasteiger partial charge in [0.05, 0.1) is 0 Å². The Labute approximate surface area is 115 Å². The van der Waals surface area contributed by atoms with E-state index < -0.39 is 0 Å². The molecule has 2 unspecified atom stereocenters. The van der Waals surface area contributed by atoms with Crippen LogP contribution in [0.25, 0.3) is 0 Å². The molecular formula is C15H25NOS. The van der Waals surface area contributed by atoms with Crippen molar-refractivity contribution in [3.8, 4) is 5.75 Å². The number of phenolic OH excluding ortho intramolecular Hbond substituents is 1. The number of hydrogen-bond acceptors (Lipinski definition) is 3. The fourth-order valence-corrected chi connectivity index (χ4v) is 2.75. The van der Waals surface area contributed by atoms with Crippen molar-refractivity contribution in [3.05, 3.63) is 29.8 Å². The molecule has 0 aliphatic carbocycles. The number of hydrogen-bond donors (Lipinski definition) is 2. The predicted octanol–water partition coefficient (Wildman–Crippen LogP) is 3.44. The van der Waals surface area contributed by atoms with E-state index in [9.17, 15) is 5.11 Å². The maximum absolute atomic E-state index is 9.23. The lowest BCUT2D eigenvalue weighted by Gasteiger charge is -2.21. The first-order valence-electron chi connectivity index (χ1n) is 6.68. The molecule has 0 aliphatic rings. The highest BCUT2D eigenvalue weighted by Crippen LogP contribution is 2.12. The Balaban J connectivity index is 2.31. The lowest BCUT2D eigenvalue weighted by molar-refractivity contribution is 0.442. The second-order valence-corrected chi connectivity index (χ2v) is 5.74. The number of phenols is 1. The minimum atomic E-state index is 0.343. The second-order valence-electron chi connectivity index (χ2n) is 4.83. The van der Waals surface area contributed by atoms with E-state index in [1.54, 1.807) is 12.1 Å². The molecule has 18 heavy (non-hydrogen) atoms. The zero-order chi connectivity index (χ0) is 13.4. The van der Waals surface area contributed by atoms with Crippen LogP contribution >= 0.6 is 11.8 Å². The summed E-state index contributed by atoms with van der Waals surface area (Å²) in [6, 6.07) is 8.68. The molecule has 0 aliphatic heterocycles. The molecule has 2 atom stereocenters. The monoisotopic (exact) mass is 267 g/mol. The molecule has 0 amide bonds. The van der Waals surface area contributed by atoms with Gasteiger partial charge in [-0.05, 0) is 50.1 Å². The summed E-state index contributed by atoms with van der Waals surface area (Å²) in [5, 5.41) is 12.9. The average molecular weight is 267 g/mol. The molecule has 0 aromatic heterocycles. The van der Waals surface area contributed by atoms with E-state index in [4.69, 9.17) is 0 Å². The van der Waals surface area contributed by atoms with Crippen LogP contribution in [-0.2, 0) is 6.42 Å². The van der Waals surface area contributed by atoms with E-state index in [2.05, 4.69) is 25.4 Å². The summed E-state index contributed by atoms with van der Waals surface area (Å²) in [6.07, 6.45) is 5.54. The molecule has 0 radical (unpaired) electrons. The first-order chi connectivity index (χ1) is 8.65. The Morgan fingerprint density at radius 3 is 2.50 bits per heavy atom. The number of thioether (sulfide) groups is 1. The van der Waals surface area contributed by atoms with Crippen LogP contribution in [0.15, 0.2) is 24.3 Å². The van der Waals surface area contributed by atoms with Crippen LogP contribution in [0, 0.1) is 0 Å². The third-order valence-corrected chi connectivity index (χ3v) is 3.92. The van der Waals surface area contributed by atoms with Gasteiger partial charge in [0, 0.05) is 17.8 Å².